The summed E-state index contributed by atoms with van der Waals surface area (Å²) < 4.78 is 55.4. The van der Waals surface area contributed by atoms with Gasteiger partial charge in [0.1, 0.15) is 85.4 Å². The Hall–Kier alpha value is -3.62. The Labute approximate surface area is 475 Å². The summed E-state index contributed by atoms with van der Waals surface area (Å²) in [5.41, 5.74) is 3.25. The van der Waals surface area contributed by atoms with Gasteiger partial charge < -0.3 is 129 Å². The zero-order valence-corrected chi connectivity index (χ0v) is 45.8. The molecule has 0 spiro atoms. The predicted octanol–water partition coefficient (Wildman–Crippen LogP) is -11.8. The van der Waals surface area contributed by atoms with Crippen molar-refractivity contribution in [3.8, 4) is 0 Å². The molecule has 0 saturated carbocycles. The molecular weight excluding hydrogens is 1070 g/mol. The van der Waals surface area contributed by atoms with Crippen molar-refractivity contribution >= 4 is 55.6 Å². The number of amides is 4. The molecule has 1 aromatic rings. The normalized spacial score (nSPS) is 36.1. The van der Waals surface area contributed by atoms with Crippen molar-refractivity contribution in [3.63, 3.8) is 0 Å². The maximum atomic E-state index is 13.6. The maximum absolute atomic E-state index is 13.6. The summed E-state index contributed by atoms with van der Waals surface area (Å²) >= 11 is 0. The number of methoxy groups -OCH3 is 1. The number of nitrogens with one attached hydrogen (secondary N) is 4. The fraction of sp³-hybridized carbons (Fsp3) is 0.674. The standard InChI is InChI=1S/C37H54BN3O23.C9H13BNO3.Na/c1-11-19(39-12(2)44)27(21(46)17(8-42)58-11)60-37-26(51)24(49)30(32(64-37)34(53)54)62-35-20(40-13(3)45)28(22(47)18(9-43)59-35)61-36-25(50)23(48)29(56-4)31(63-36)33(52)41-15-6-5-14-10-57-38(55)16(14)7-15;1-7(12)11-9-4-2-8(3-5-9)6-14-10-13;/h5-7,11,17-32,35-37,42-43,46-51,55H,8-10H2,1-4H3,(H,39,44)(H,40,45)(H,41,52)(H,53,54);2,4,13H,3,5-6H2,1H3,(H,11,12);/q;;+1/p-1/t11-,17?,18?,19?,20?,21+,22+,23?,24?,25?,26?,27+,28+,29-,30-,31+,32+,35-,36+,37+;;/m0../s1. The van der Waals surface area contributed by atoms with Crippen molar-refractivity contribution in [2.24, 2.45) is 0 Å². The SMILES string of the molecule is CC(=O)NC1=CC=C(CO[B]O)CC1.CO[C@H]1C(O)C(O)[C@H](O[C@@H]2C(NC(C)=O)[C@H](O[C@H]3C(O)C(O)[C@H](O[C@@H]4C(NC(C)=O)[C@H](C)OC(CO)[C@H]4O)O[C@H]3C(=O)[O-])OC(CO)[C@H]2O)O[C@H]1C(=O)Nc1ccc2c(c1)B(O)OC2.[Na+]. The maximum Gasteiger partial charge on any atom is 1.00 e. The molecule has 30 nitrogen and oxygen atoms in total. The number of allylic oxidation sites excluding steroid dienone is 3. The van der Waals surface area contributed by atoms with Crippen LogP contribution < -0.4 is 61.4 Å². The van der Waals surface area contributed by atoms with Gasteiger partial charge in [-0.05, 0) is 54.6 Å². The molecule has 4 saturated heterocycles. The number of ether oxygens (including phenoxy) is 8. The molecule has 1 radical (unpaired) electrons. The number of carboxylic acids is 1. The average molecular weight is 1140 g/mol. The number of anilines is 1. The summed E-state index contributed by atoms with van der Waals surface area (Å²) in [6, 6.07) is 1.62. The van der Waals surface area contributed by atoms with Crippen molar-refractivity contribution in [1.29, 1.82) is 0 Å². The first-order valence-electron chi connectivity index (χ1n) is 24.6. The zero-order valence-electron chi connectivity index (χ0n) is 43.8. The van der Waals surface area contributed by atoms with E-state index in [0.717, 1.165) is 45.1 Å². The number of carboxylic acid groups (broad SMARTS) is 1. The Morgan fingerprint density at radius 2 is 1.28 bits per heavy atom. The minimum atomic E-state index is -2.35. The molecule has 20 atom stereocenters. The van der Waals surface area contributed by atoms with E-state index in [-0.39, 0.29) is 47.8 Å². The van der Waals surface area contributed by atoms with Crippen LogP contribution in [0.5, 0.6) is 0 Å². The quantitative estimate of drug-likeness (QED) is 0.0607. The van der Waals surface area contributed by atoms with Crippen LogP contribution in [0, 0.1) is 0 Å². The molecule has 4 fully saturated rings. The largest absolute Gasteiger partial charge is 1.00 e. The van der Waals surface area contributed by atoms with Gasteiger partial charge in [-0.15, -0.1) is 0 Å². The molecule has 1 aliphatic carbocycles. The number of hydrogen-bond acceptors (Lipinski definition) is 26. The molecule has 5 heterocycles. The van der Waals surface area contributed by atoms with Gasteiger partial charge in [-0.2, -0.15) is 0 Å². The number of aliphatic hydroxyl groups excluding tert-OH is 8. The van der Waals surface area contributed by atoms with Crippen LogP contribution in [0.25, 0.3) is 0 Å². The molecule has 433 valence electrons. The van der Waals surface area contributed by atoms with E-state index in [0.29, 0.717) is 25.3 Å². The van der Waals surface area contributed by atoms with Crippen molar-refractivity contribution in [2.75, 3.05) is 32.2 Å². The topological polar surface area (TPSA) is 451 Å². The molecule has 5 aliphatic heterocycles. The van der Waals surface area contributed by atoms with E-state index in [4.69, 9.17) is 52.2 Å². The second-order valence-corrected chi connectivity index (χ2v) is 19.0. The number of aliphatic hydroxyl groups is 8. The molecule has 7 rings (SSSR count). The van der Waals surface area contributed by atoms with Crippen molar-refractivity contribution < 1.29 is 157 Å². The Kier molecular flexibility index (Phi) is 25.2. The number of fused-ring (bicyclic) bond motifs is 1. The Morgan fingerprint density at radius 1 is 0.709 bits per heavy atom. The van der Waals surface area contributed by atoms with E-state index in [9.17, 15) is 75.0 Å². The van der Waals surface area contributed by atoms with Crippen molar-refractivity contribution in [1.82, 2.24) is 16.0 Å². The number of rotatable bonds is 18. The van der Waals surface area contributed by atoms with E-state index < -0.39 is 167 Å². The van der Waals surface area contributed by atoms with E-state index in [1.54, 1.807) is 6.07 Å². The molecule has 4 amide bonds. The van der Waals surface area contributed by atoms with Gasteiger partial charge in [0.25, 0.3) is 5.91 Å². The Balaban J connectivity index is 0.000000666. The third kappa shape index (κ3) is 16.3. The molecule has 1 aromatic carbocycles. The fourth-order valence-corrected chi connectivity index (χ4v) is 9.58. The number of carbonyl (C=O) groups is 5. The molecular formula is C46H66B2N4NaO26. The monoisotopic (exact) mass is 1140 g/mol. The summed E-state index contributed by atoms with van der Waals surface area (Å²) in [7, 11) is 0.561. The molecule has 0 aromatic heterocycles. The van der Waals surface area contributed by atoms with Crippen LogP contribution in [0.2, 0.25) is 0 Å². The zero-order chi connectivity index (χ0) is 57.3. The molecule has 0 bridgehead atoms. The van der Waals surface area contributed by atoms with E-state index in [2.05, 4.69) is 21.3 Å². The summed E-state index contributed by atoms with van der Waals surface area (Å²) in [5, 5.41) is 129. The summed E-state index contributed by atoms with van der Waals surface area (Å²) in [4.78, 5) is 61.6. The van der Waals surface area contributed by atoms with Crippen LogP contribution in [-0.4, -0.2) is 245 Å². The predicted molar refractivity (Wildman–Crippen MR) is 257 cm³/mol. The van der Waals surface area contributed by atoms with Gasteiger partial charge >= 0.3 is 44.4 Å². The van der Waals surface area contributed by atoms with Crippen LogP contribution in [0.15, 0.2) is 41.6 Å². The number of aliphatic carboxylic acids is 1. The van der Waals surface area contributed by atoms with Gasteiger partial charge in [-0.25, -0.2) is 0 Å². The number of hydrogen-bond donors (Lipinski definition) is 14. The third-order valence-electron chi connectivity index (χ3n) is 13.5. The first-order valence-corrected chi connectivity index (χ1v) is 24.6. The number of carbonyl (C=O) groups excluding carboxylic acids is 5. The second-order valence-electron chi connectivity index (χ2n) is 19.0. The van der Waals surface area contributed by atoms with Crippen molar-refractivity contribution in [3.05, 3.63) is 47.2 Å². The smallest absolute Gasteiger partial charge is 0.547 e. The van der Waals surface area contributed by atoms with Crippen molar-refractivity contribution in [2.45, 2.75) is 170 Å². The Morgan fingerprint density at radius 3 is 1.82 bits per heavy atom. The van der Waals surface area contributed by atoms with Crippen LogP contribution >= 0.6 is 0 Å². The molecule has 33 heteroatoms. The molecule has 14 N–H and O–H groups in total. The van der Waals surface area contributed by atoms with Gasteiger partial charge in [0.2, 0.25) is 17.7 Å². The van der Waals surface area contributed by atoms with E-state index in [1.807, 2.05) is 12.2 Å². The van der Waals surface area contributed by atoms with Gasteiger partial charge in [0, 0.05) is 39.3 Å². The van der Waals surface area contributed by atoms with Crippen LogP contribution in [0.4, 0.5) is 5.69 Å². The van der Waals surface area contributed by atoms with Gasteiger partial charge in [-0.1, -0.05) is 12.1 Å². The van der Waals surface area contributed by atoms with Gasteiger partial charge in [0.15, 0.2) is 25.0 Å². The first kappa shape index (κ1) is 66.2. The van der Waals surface area contributed by atoms with Crippen LogP contribution in [-0.2, 0) is 77.8 Å². The van der Waals surface area contributed by atoms with E-state index in [1.165, 1.54) is 26.0 Å². The van der Waals surface area contributed by atoms with Crippen LogP contribution in [0.1, 0.15) is 46.1 Å². The minimum Gasteiger partial charge on any atom is -0.547 e. The molecule has 79 heavy (non-hydrogen) atoms. The van der Waals surface area contributed by atoms with Gasteiger partial charge in [0.05, 0.1) is 44.5 Å². The molecule has 8 unspecified atom stereocenters. The number of benzene rings is 1. The van der Waals surface area contributed by atoms with Crippen LogP contribution in [0.3, 0.4) is 0 Å². The second kappa shape index (κ2) is 30.1. The average Bonchev–Trinajstić information content (AvgIpc) is 3.76. The Bertz CT molecular complexity index is 2310. The summed E-state index contributed by atoms with van der Waals surface area (Å²) in [6.07, 6.45) is -27.9. The van der Waals surface area contributed by atoms with E-state index >= 15 is 0 Å². The third-order valence-corrected chi connectivity index (χ3v) is 13.5. The minimum absolute atomic E-state index is 0. The summed E-state index contributed by atoms with van der Waals surface area (Å²) in [5.74, 6) is -4.47. The first-order chi connectivity index (χ1) is 37.0. The fourth-order valence-electron chi connectivity index (χ4n) is 9.58. The van der Waals surface area contributed by atoms with Gasteiger partial charge in [-0.3, -0.25) is 19.2 Å². The summed E-state index contributed by atoms with van der Waals surface area (Å²) in [6.45, 7) is 3.95. The molecule has 6 aliphatic rings.